The number of benzene rings is 1. The van der Waals surface area contributed by atoms with Crippen molar-refractivity contribution in [2.45, 2.75) is 26.6 Å². The van der Waals surface area contributed by atoms with Crippen molar-refractivity contribution >= 4 is 0 Å². The fourth-order valence-corrected chi connectivity index (χ4v) is 2.76. The molecule has 0 amide bonds. The summed E-state index contributed by atoms with van der Waals surface area (Å²) in [6.45, 7) is 3.64. The average molecular weight is 303 g/mol. The van der Waals surface area contributed by atoms with Gasteiger partial charge in [-0.25, -0.2) is 9.37 Å². The standard InChI is InChI=1S/C16H18FN3O2/c1-10-18-14-9-20(8-12(14)16(21)19(10)2)7-11-4-5-13(17)15(6-11)22-3/h4-6H,7-9H2,1-3H3. The average Bonchev–Trinajstić information content (AvgIpc) is 2.89. The lowest BCUT2D eigenvalue weighted by atomic mass is 10.2. The van der Waals surface area contributed by atoms with Gasteiger partial charge in [0, 0.05) is 26.7 Å². The number of fused-ring (bicyclic) bond motifs is 1. The van der Waals surface area contributed by atoms with Gasteiger partial charge < -0.3 is 4.74 Å². The van der Waals surface area contributed by atoms with Crippen LogP contribution in [0.2, 0.25) is 0 Å². The highest BCUT2D eigenvalue weighted by molar-refractivity contribution is 5.31. The molecule has 1 aromatic carbocycles. The molecule has 0 N–H and O–H groups in total. The molecule has 0 unspecified atom stereocenters. The monoisotopic (exact) mass is 303 g/mol. The summed E-state index contributed by atoms with van der Waals surface area (Å²) in [6.07, 6.45) is 0. The Kier molecular flexibility index (Phi) is 3.70. The molecule has 1 aliphatic rings. The molecular formula is C16H18FN3O2. The minimum atomic E-state index is -0.373. The molecule has 1 aliphatic heterocycles. The number of aryl methyl sites for hydroxylation is 1. The molecular weight excluding hydrogens is 285 g/mol. The summed E-state index contributed by atoms with van der Waals surface area (Å²) >= 11 is 0. The first-order chi connectivity index (χ1) is 10.5. The summed E-state index contributed by atoms with van der Waals surface area (Å²) < 4.78 is 20.0. The Hall–Kier alpha value is -2.21. The molecule has 0 atom stereocenters. The van der Waals surface area contributed by atoms with Crippen LogP contribution in [0.3, 0.4) is 0 Å². The van der Waals surface area contributed by atoms with Crippen molar-refractivity contribution in [2.24, 2.45) is 7.05 Å². The van der Waals surface area contributed by atoms with Crippen molar-refractivity contribution in [3.8, 4) is 5.75 Å². The highest BCUT2D eigenvalue weighted by Crippen LogP contribution is 2.23. The first-order valence-corrected chi connectivity index (χ1v) is 7.09. The summed E-state index contributed by atoms with van der Waals surface area (Å²) in [5.41, 5.74) is 2.55. The normalized spacial score (nSPS) is 14.2. The minimum absolute atomic E-state index is 0.0155. The smallest absolute Gasteiger partial charge is 0.258 e. The summed E-state index contributed by atoms with van der Waals surface area (Å²) in [4.78, 5) is 18.9. The molecule has 116 valence electrons. The van der Waals surface area contributed by atoms with Gasteiger partial charge in [-0.3, -0.25) is 14.3 Å². The van der Waals surface area contributed by atoms with Crippen molar-refractivity contribution in [1.29, 1.82) is 0 Å². The Morgan fingerprint density at radius 3 is 2.86 bits per heavy atom. The number of ether oxygens (including phenoxy) is 1. The van der Waals surface area contributed by atoms with Gasteiger partial charge in [-0.05, 0) is 24.6 Å². The van der Waals surface area contributed by atoms with E-state index < -0.39 is 0 Å². The maximum absolute atomic E-state index is 13.4. The van der Waals surface area contributed by atoms with E-state index >= 15 is 0 Å². The van der Waals surface area contributed by atoms with E-state index in [0.717, 1.165) is 16.8 Å². The Bertz CT molecular complexity index is 786. The third-order valence-electron chi connectivity index (χ3n) is 4.07. The van der Waals surface area contributed by atoms with Gasteiger partial charge in [0.15, 0.2) is 11.6 Å². The van der Waals surface area contributed by atoms with Gasteiger partial charge in [0.25, 0.3) is 5.56 Å². The zero-order chi connectivity index (χ0) is 15.9. The molecule has 0 saturated heterocycles. The van der Waals surface area contributed by atoms with Gasteiger partial charge in [0.1, 0.15) is 5.82 Å². The lowest BCUT2D eigenvalue weighted by Crippen LogP contribution is -2.25. The van der Waals surface area contributed by atoms with Crippen LogP contribution >= 0.6 is 0 Å². The van der Waals surface area contributed by atoms with Crippen molar-refractivity contribution in [1.82, 2.24) is 14.5 Å². The number of hydrogen-bond donors (Lipinski definition) is 0. The zero-order valence-corrected chi connectivity index (χ0v) is 12.9. The SMILES string of the molecule is COc1cc(CN2Cc3nc(C)n(C)c(=O)c3C2)ccc1F. The molecule has 1 aromatic heterocycles. The molecule has 0 spiro atoms. The highest BCUT2D eigenvalue weighted by atomic mass is 19.1. The third-order valence-corrected chi connectivity index (χ3v) is 4.07. The van der Waals surface area contributed by atoms with Gasteiger partial charge in [0.2, 0.25) is 0 Å². The molecule has 0 bridgehead atoms. The largest absolute Gasteiger partial charge is 0.494 e. The van der Waals surface area contributed by atoms with Gasteiger partial charge in [-0.1, -0.05) is 6.07 Å². The van der Waals surface area contributed by atoms with Crippen molar-refractivity contribution in [3.05, 3.63) is 57.0 Å². The Morgan fingerprint density at radius 2 is 2.14 bits per heavy atom. The Morgan fingerprint density at radius 1 is 1.36 bits per heavy atom. The van der Waals surface area contributed by atoms with E-state index in [4.69, 9.17) is 4.74 Å². The molecule has 6 heteroatoms. The van der Waals surface area contributed by atoms with Gasteiger partial charge in [0.05, 0.1) is 18.4 Å². The number of methoxy groups -OCH3 is 1. The molecule has 0 fully saturated rings. The van der Waals surface area contributed by atoms with Crippen molar-refractivity contribution in [2.75, 3.05) is 7.11 Å². The maximum Gasteiger partial charge on any atom is 0.258 e. The lowest BCUT2D eigenvalue weighted by Gasteiger charge is -2.15. The van der Waals surface area contributed by atoms with Gasteiger partial charge >= 0.3 is 0 Å². The first kappa shape index (κ1) is 14.7. The van der Waals surface area contributed by atoms with Crippen LogP contribution in [0.15, 0.2) is 23.0 Å². The first-order valence-electron chi connectivity index (χ1n) is 7.09. The van der Waals surface area contributed by atoms with E-state index in [0.29, 0.717) is 25.5 Å². The van der Waals surface area contributed by atoms with Crippen LogP contribution in [0.5, 0.6) is 5.75 Å². The molecule has 3 rings (SSSR count). The fraction of sp³-hybridized carbons (Fsp3) is 0.375. The molecule has 0 aliphatic carbocycles. The van der Waals surface area contributed by atoms with Crippen LogP contribution in [0.25, 0.3) is 0 Å². The van der Waals surface area contributed by atoms with E-state index in [1.54, 1.807) is 23.7 Å². The van der Waals surface area contributed by atoms with E-state index in [1.165, 1.54) is 13.2 Å². The van der Waals surface area contributed by atoms with E-state index in [1.807, 2.05) is 6.92 Å². The topological polar surface area (TPSA) is 47.4 Å². The molecule has 0 saturated carbocycles. The second-order valence-corrected chi connectivity index (χ2v) is 5.56. The Labute approximate surface area is 128 Å². The van der Waals surface area contributed by atoms with E-state index in [-0.39, 0.29) is 17.1 Å². The third kappa shape index (κ3) is 2.50. The van der Waals surface area contributed by atoms with Crippen LogP contribution in [0.4, 0.5) is 4.39 Å². The lowest BCUT2D eigenvalue weighted by molar-refractivity contribution is 0.272. The van der Waals surface area contributed by atoms with Crippen LogP contribution in [0.1, 0.15) is 22.6 Å². The zero-order valence-electron chi connectivity index (χ0n) is 12.9. The second kappa shape index (κ2) is 5.53. The van der Waals surface area contributed by atoms with Crippen LogP contribution in [-0.4, -0.2) is 21.6 Å². The molecule has 2 heterocycles. The number of aromatic nitrogens is 2. The molecule has 22 heavy (non-hydrogen) atoms. The van der Waals surface area contributed by atoms with Crippen molar-refractivity contribution in [3.63, 3.8) is 0 Å². The van der Waals surface area contributed by atoms with Crippen molar-refractivity contribution < 1.29 is 9.13 Å². The predicted octanol–water partition coefficient (Wildman–Crippen LogP) is 1.75. The summed E-state index contributed by atoms with van der Waals surface area (Å²) in [5, 5.41) is 0. The van der Waals surface area contributed by atoms with E-state index in [2.05, 4.69) is 9.88 Å². The predicted molar refractivity (Wildman–Crippen MR) is 80.1 cm³/mol. The van der Waals surface area contributed by atoms with Gasteiger partial charge in [-0.2, -0.15) is 0 Å². The molecule has 5 nitrogen and oxygen atoms in total. The Balaban J connectivity index is 1.82. The summed E-state index contributed by atoms with van der Waals surface area (Å²) in [5.74, 6) is 0.579. The number of rotatable bonds is 3. The number of halogens is 1. The molecule has 0 radical (unpaired) electrons. The molecule has 2 aromatic rings. The van der Waals surface area contributed by atoms with Crippen LogP contribution < -0.4 is 10.3 Å². The van der Waals surface area contributed by atoms with Gasteiger partial charge in [-0.15, -0.1) is 0 Å². The van der Waals surface area contributed by atoms with E-state index in [9.17, 15) is 9.18 Å². The maximum atomic E-state index is 13.4. The van der Waals surface area contributed by atoms with Crippen LogP contribution in [0, 0.1) is 12.7 Å². The number of hydrogen-bond acceptors (Lipinski definition) is 4. The summed E-state index contributed by atoms with van der Waals surface area (Å²) in [6, 6.07) is 4.82. The summed E-state index contributed by atoms with van der Waals surface area (Å²) in [7, 11) is 3.18. The van der Waals surface area contributed by atoms with Crippen LogP contribution in [-0.2, 0) is 26.7 Å². The second-order valence-electron chi connectivity index (χ2n) is 5.56. The number of nitrogens with zero attached hydrogens (tertiary/aromatic N) is 3. The fourth-order valence-electron chi connectivity index (χ4n) is 2.76. The minimum Gasteiger partial charge on any atom is -0.494 e. The quantitative estimate of drug-likeness (QED) is 0.867. The highest BCUT2D eigenvalue weighted by Gasteiger charge is 2.24.